The maximum atomic E-state index is 13.1. The van der Waals surface area contributed by atoms with E-state index in [0.717, 1.165) is 38.5 Å². The Kier molecular flexibility index (Phi) is 40.6. The summed E-state index contributed by atoms with van der Waals surface area (Å²) >= 11 is 0. The van der Waals surface area contributed by atoms with Crippen LogP contribution in [0.4, 0.5) is 0 Å². The number of ether oxygens (including phenoxy) is 2. The van der Waals surface area contributed by atoms with Gasteiger partial charge < -0.3 is 50.5 Å². The van der Waals surface area contributed by atoms with E-state index >= 15 is 0 Å². The van der Waals surface area contributed by atoms with Gasteiger partial charge in [-0.05, 0) is 51.4 Å². The first-order chi connectivity index (χ1) is 31.2. The standard InChI is InChI=1S/C53H101NO10/c1-3-5-7-9-11-13-15-17-18-19-20-21-22-23-24-25-26-27-29-30-32-34-36-38-40-45(56)48(58)44(43-63-53-51(61)50(60)49(59)47(42-55)64-53)54-52(62)46(57)41-39-37-35-33-31-28-16-14-12-10-8-6-4-2/h26-27,32,34,44-51,53,55-61H,3-25,28-31,33,35-43H2,1-2H3,(H,54,62)/b27-26+,34-32+. The van der Waals surface area contributed by atoms with Gasteiger partial charge in [0.15, 0.2) is 6.29 Å². The summed E-state index contributed by atoms with van der Waals surface area (Å²) in [5.74, 6) is -0.709. The first kappa shape index (κ1) is 60.6. The molecule has 8 N–H and O–H groups in total. The molecule has 0 bridgehead atoms. The van der Waals surface area contributed by atoms with Gasteiger partial charge >= 0.3 is 0 Å². The van der Waals surface area contributed by atoms with Gasteiger partial charge in [-0.15, -0.1) is 0 Å². The number of hydrogen-bond donors (Lipinski definition) is 8. The summed E-state index contributed by atoms with van der Waals surface area (Å²) in [5, 5.41) is 75.8. The molecule has 1 rings (SSSR count). The molecule has 378 valence electrons. The van der Waals surface area contributed by atoms with Crippen molar-refractivity contribution < 1.29 is 50.0 Å². The molecule has 9 unspecified atom stereocenters. The average Bonchev–Trinajstić information content (AvgIpc) is 3.29. The van der Waals surface area contributed by atoms with Crippen molar-refractivity contribution in [2.75, 3.05) is 13.2 Å². The number of allylic oxidation sites excluding steroid dienone is 4. The minimum Gasteiger partial charge on any atom is -0.394 e. The number of aliphatic hydroxyl groups is 7. The highest BCUT2D eigenvalue weighted by atomic mass is 16.7. The van der Waals surface area contributed by atoms with E-state index < -0.39 is 74.2 Å². The van der Waals surface area contributed by atoms with Crippen LogP contribution in [0, 0.1) is 0 Å². The molecule has 1 aliphatic rings. The van der Waals surface area contributed by atoms with Crippen LogP contribution < -0.4 is 5.32 Å². The molecule has 1 aliphatic heterocycles. The SMILES string of the molecule is CCCCCCCCCCCCCCCCC/C=C/CC/C=C/CCCC(O)C(O)C(COC1OC(CO)C(O)C(O)C1O)NC(=O)C(O)CCCCCCCCCCCCCCC. The number of hydrogen-bond acceptors (Lipinski definition) is 10. The molecular formula is C53H101NO10. The largest absolute Gasteiger partial charge is 0.394 e. The number of nitrogens with one attached hydrogen (secondary N) is 1. The Morgan fingerprint density at radius 2 is 0.938 bits per heavy atom. The predicted octanol–water partition coefficient (Wildman–Crippen LogP) is 10.2. The first-order valence-electron chi connectivity index (χ1n) is 26.7. The van der Waals surface area contributed by atoms with Crippen molar-refractivity contribution in [3.05, 3.63) is 24.3 Å². The molecule has 0 radical (unpaired) electrons. The smallest absolute Gasteiger partial charge is 0.249 e. The van der Waals surface area contributed by atoms with Gasteiger partial charge in [-0.3, -0.25) is 4.79 Å². The topological polar surface area (TPSA) is 189 Å². The second kappa shape index (κ2) is 42.9. The summed E-state index contributed by atoms with van der Waals surface area (Å²) in [6.45, 7) is 3.44. The lowest BCUT2D eigenvalue weighted by Crippen LogP contribution is -2.60. The number of carbonyl (C=O) groups excluding carboxylic acids is 1. The van der Waals surface area contributed by atoms with E-state index in [1.807, 2.05) is 0 Å². The second-order valence-electron chi connectivity index (χ2n) is 18.9. The molecule has 11 heteroatoms. The zero-order valence-corrected chi connectivity index (χ0v) is 41.0. The van der Waals surface area contributed by atoms with Crippen molar-refractivity contribution in [3.63, 3.8) is 0 Å². The Morgan fingerprint density at radius 1 is 0.531 bits per heavy atom. The van der Waals surface area contributed by atoms with Gasteiger partial charge in [-0.25, -0.2) is 0 Å². The fourth-order valence-electron chi connectivity index (χ4n) is 8.58. The van der Waals surface area contributed by atoms with E-state index in [2.05, 4.69) is 43.5 Å². The monoisotopic (exact) mass is 912 g/mol. The molecule has 1 amide bonds. The Morgan fingerprint density at radius 3 is 1.39 bits per heavy atom. The van der Waals surface area contributed by atoms with E-state index in [-0.39, 0.29) is 12.8 Å². The fourth-order valence-corrected chi connectivity index (χ4v) is 8.58. The van der Waals surface area contributed by atoms with Gasteiger partial charge in [-0.1, -0.05) is 212 Å². The third kappa shape index (κ3) is 31.5. The van der Waals surface area contributed by atoms with Gasteiger partial charge in [0, 0.05) is 0 Å². The lowest BCUT2D eigenvalue weighted by atomic mass is 9.98. The van der Waals surface area contributed by atoms with Crippen molar-refractivity contribution >= 4 is 5.91 Å². The van der Waals surface area contributed by atoms with Crippen LogP contribution in [0.25, 0.3) is 0 Å². The minimum absolute atomic E-state index is 0.249. The van der Waals surface area contributed by atoms with Gasteiger partial charge in [0.05, 0.1) is 25.4 Å². The third-order valence-electron chi connectivity index (χ3n) is 13.0. The summed E-state index contributed by atoms with van der Waals surface area (Å²) in [6, 6.07) is -1.19. The molecular weight excluding hydrogens is 811 g/mol. The van der Waals surface area contributed by atoms with Crippen LogP contribution in [0.2, 0.25) is 0 Å². The second-order valence-corrected chi connectivity index (χ2v) is 18.9. The van der Waals surface area contributed by atoms with Crippen molar-refractivity contribution in [2.45, 2.75) is 294 Å². The average molecular weight is 912 g/mol. The van der Waals surface area contributed by atoms with Crippen LogP contribution in [-0.4, -0.2) is 110 Å². The first-order valence-corrected chi connectivity index (χ1v) is 26.7. The van der Waals surface area contributed by atoms with Gasteiger partial charge in [-0.2, -0.15) is 0 Å². The molecule has 9 atom stereocenters. The molecule has 1 heterocycles. The molecule has 0 aromatic rings. The maximum Gasteiger partial charge on any atom is 0.249 e. The van der Waals surface area contributed by atoms with Crippen LogP contribution in [0.1, 0.15) is 239 Å². The van der Waals surface area contributed by atoms with Crippen LogP contribution in [0.5, 0.6) is 0 Å². The van der Waals surface area contributed by atoms with Crippen molar-refractivity contribution in [3.8, 4) is 0 Å². The number of rotatable bonds is 45. The molecule has 0 aromatic heterocycles. The van der Waals surface area contributed by atoms with E-state index in [0.29, 0.717) is 19.3 Å². The highest BCUT2D eigenvalue weighted by Crippen LogP contribution is 2.23. The van der Waals surface area contributed by atoms with Gasteiger partial charge in [0.25, 0.3) is 0 Å². The van der Waals surface area contributed by atoms with Crippen molar-refractivity contribution in [1.82, 2.24) is 5.32 Å². The van der Waals surface area contributed by atoms with Crippen molar-refractivity contribution in [2.24, 2.45) is 0 Å². The minimum atomic E-state index is -1.67. The van der Waals surface area contributed by atoms with Crippen LogP contribution in [0.3, 0.4) is 0 Å². The summed E-state index contributed by atoms with van der Waals surface area (Å²) < 4.78 is 11.1. The summed E-state index contributed by atoms with van der Waals surface area (Å²) in [4.78, 5) is 13.1. The fraction of sp³-hybridized carbons (Fsp3) is 0.906. The molecule has 64 heavy (non-hydrogen) atoms. The molecule has 0 saturated carbocycles. The Labute approximate surface area is 391 Å². The van der Waals surface area contributed by atoms with Crippen LogP contribution in [0.15, 0.2) is 24.3 Å². The van der Waals surface area contributed by atoms with Gasteiger partial charge in [0.1, 0.15) is 36.6 Å². The molecule has 1 fully saturated rings. The number of carbonyl (C=O) groups is 1. The third-order valence-corrected chi connectivity index (χ3v) is 13.0. The molecule has 11 nitrogen and oxygen atoms in total. The van der Waals surface area contributed by atoms with E-state index in [4.69, 9.17) is 9.47 Å². The molecule has 0 spiro atoms. The van der Waals surface area contributed by atoms with Crippen LogP contribution >= 0.6 is 0 Å². The number of aliphatic hydroxyl groups excluding tert-OH is 7. The highest BCUT2D eigenvalue weighted by Gasteiger charge is 2.44. The van der Waals surface area contributed by atoms with E-state index in [1.54, 1.807) is 0 Å². The predicted molar refractivity (Wildman–Crippen MR) is 261 cm³/mol. The summed E-state index contributed by atoms with van der Waals surface area (Å²) in [7, 11) is 0. The Bertz CT molecular complexity index is 1090. The van der Waals surface area contributed by atoms with Crippen molar-refractivity contribution in [1.29, 1.82) is 0 Å². The summed E-state index contributed by atoms with van der Waals surface area (Å²) in [5.41, 5.74) is 0. The van der Waals surface area contributed by atoms with Gasteiger partial charge in [0.2, 0.25) is 5.91 Å². The lowest BCUT2D eigenvalue weighted by Gasteiger charge is -2.40. The zero-order valence-electron chi connectivity index (χ0n) is 41.0. The normalized spacial score (nSPS) is 21.2. The zero-order chi connectivity index (χ0) is 46.9. The Hall–Kier alpha value is -1.41. The quantitative estimate of drug-likeness (QED) is 0.0216. The number of unbranched alkanes of at least 4 members (excludes halogenated alkanes) is 29. The maximum absolute atomic E-state index is 13.1. The lowest BCUT2D eigenvalue weighted by molar-refractivity contribution is -0.303. The molecule has 0 aromatic carbocycles. The van der Waals surface area contributed by atoms with E-state index in [9.17, 15) is 40.5 Å². The number of amides is 1. The Balaban J connectivity index is 2.37. The van der Waals surface area contributed by atoms with Crippen LogP contribution in [-0.2, 0) is 14.3 Å². The molecule has 1 saturated heterocycles. The van der Waals surface area contributed by atoms with E-state index in [1.165, 1.54) is 154 Å². The highest BCUT2D eigenvalue weighted by molar-refractivity contribution is 5.80. The molecule has 0 aliphatic carbocycles. The summed E-state index contributed by atoms with van der Waals surface area (Å²) in [6.07, 6.45) is 38.1.